The zero-order chi connectivity index (χ0) is 30.9. The van der Waals surface area contributed by atoms with E-state index in [2.05, 4.69) is 49.5 Å². The molecular formula is C36H38O7Si. The van der Waals surface area contributed by atoms with Gasteiger partial charge in [0.15, 0.2) is 34.5 Å². The molecule has 3 aliphatic rings. The quantitative estimate of drug-likeness (QED) is 0.160. The fourth-order valence-corrected chi connectivity index (χ4v) is 7.78. The molecule has 0 aliphatic heterocycles. The van der Waals surface area contributed by atoms with Crippen LogP contribution in [0.15, 0.2) is 36.4 Å². The predicted molar refractivity (Wildman–Crippen MR) is 174 cm³/mol. The molecular weight excluding hydrogens is 572 g/mol. The Kier molecular flexibility index (Phi) is 6.82. The number of methoxy groups -OCH3 is 5. The maximum Gasteiger partial charge on any atom is 0.224 e. The summed E-state index contributed by atoms with van der Waals surface area (Å²) in [6.07, 6.45) is 2.98. The second-order valence-corrected chi connectivity index (χ2v) is 16.4. The zero-order valence-corrected chi connectivity index (χ0v) is 27.7. The third kappa shape index (κ3) is 4.18. The van der Waals surface area contributed by atoms with Crippen molar-refractivity contribution in [3.63, 3.8) is 0 Å². The summed E-state index contributed by atoms with van der Waals surface area (Å²) in [6, 6.07) is 12.9. The maximum absolute atomic E-state index is 6.42. The van der Waals surface area contributed by atoms with Crippen molar-refractivity contribution in [3.05, 3.63) is 69.8 Å². The Morgan fingerprint density at radius 3 is 1.14 bits per heavy atom. The van der Waals surface area contributed by atoms with Crippen molar-refractivity contribution in [1.82, 2.24) is 0 Å². The van der Waals surface area contributed by atoms with Gasteiger partial charge in [0.1, 0.15) is 6.23 Å². The van der Waals surface area contributed by atoms with Gasteiger partial charge in [0, 0.05) is 7.11 Å². The average Bonchev–Trinajstić information content (AvgIpc) is 3.71. The highest BCUT2D eigenvalue weighted by Crippen LogP contribution is 2.59. The topological polar surface area (TPSA) is 64.6 Å². The van der Waals surface area contributed by atoms with Crippen molar-refractivity contribution in [2.24, 2.45) is 0 Å². The van der Waals surface area contributed by atoms with E-state index in [0.717, 1.165) is 53.8 Å². The number of hydrogen-bond acceptors (Lipinski definition) is 7. The number of ether oxygens (including phenoxy) is 6. The number of fused-ring (bicyclic) bond motifs is 12. The van der Waals surface area contributed by atoms with Gasteiger partial charge in [0.05, 0.1) is 35.5 Å². The van der Waals surface area contributed by atoms with Crippen LogP contribution in [-0.4, -0.2) is 57.2 Å². The Labute approximate surface area is 259 Å². The van der Waals surface area contributed by atoms with Gasteiger partial charge in [0.2, 0.25) is 8.32 Å². The first-order valence-corrected chi connectivity index (χ1v) is 18.0. The van der Waals surface area contributed by atoms with Gasteiger partial charge in [0.25, 0.3) is 0 Å². The molecule has 228 valence electrons. The van der Waals surface area contributed by atoms with E-state index in [1.165, 1.54) is 66.8 Å². The molecule has 4 aromatic rings. The largest absolute Gasteiger partial charge is 0.493 e. The third-order valence-electron chi connectivity index (χ3n) is 9.46. The maximum atomic E-state index is 6.42. The summed E-state index contributed by atoms with van der Waals surface area (Å²) in [5, 5.41) is 0. The Morgan fingerprint density at radius 1 is 0.477 bits per heavy atom. The van der Waals surface area contributed by atoms with E-state index in [0.29, 0.717) is 6.23 Å². The molecule has 4 aromatic carbocycles. The Balaban J connectivity index is 1.49. The van der Waals surface area contributed by atoms with Crippen molar-refractivity contribution < 1.29 is 32.8 Å². The van der Waals surface area contributed by atoms with E-state index in [4.69, 9.17) is 32.8 Å². The van der Waals surface area contributed by atoms with Gasteiger partial charge in [-0.2, -0.15) is 0 Å². The highest BCUT2D eigenvalue weighted by Gasteiger charge is 2.39. The molecule has 0 fully saturated rings. The molecule has 7 nitrogen and oxygen atoms in total. The highest BCUT2D eigenvalue weighted by molar-refractivity contribution is 6.71. The summed E-state index contributed by atoms with van der Waals surface area (Å²) in [5.74, 6) is 4.45. The summed E-state index contributed by atoms with van der Waals surface area (Å²) < 4.78 is 41.0. The van der Waals surface area contributed by atoms with E-state index in [1.54, 1.807) is 42.7 Å². The first-order valence-electron chi connectivity index (χ1n) is 14.9. The van der Waals surface area contributed by atoms with Gasteiger partial charge in [-0.25, -0.2) is 0 Å². The summed E-state index contributed by atoms with van der Waals surface area (Å²) in [5.41, 5.74) is 15.2. The van der Waals surface area contributed by atoms with Crippen LogP contribution in [0.25, 0.3) is 33.4 Å². The lowest BCUT2D eigenvalue weighted by molar-refractivity contribution is 0.303. The molecule has 0 atom stereocenters. The van der Waals surface area contributed by atoms with Crippen molar-refractivity contribution in [3.8, 4) is 67.9 Å². The minimum atomic E-state index is -1.97. The van der Waals surface area contributed by atoms with E-state index in [1.807, 2.05) is 0 Å². The van der Waals surface area contributed by atoms with Crippen LogP contribution in [0.3, 0.4) is 0 Å². The Bertz CT molecular complexity index is 1800. The van der Waals surface area contributed by atoms with Crippen LogP contribution in [-0.2, 0) is 23.7 Å². The molecule has 0 heterocycles. The number of rotatable bonds is 9. The molecule has 7 rings (SSSR count). The van der Waals surface area contributed by atoms with E-state index < -0.39 is 8.32 Å². The molecule has 0 saturated heterocycles. The average molecular weight is 611 g/mol. The van der Waals surface area contributed by atoms with Crippen LogP contribution in [0, 0.1) is 0 Å². The van der Waals surface area contributed by atoms with Crippen molar-refractivity contribution in [2.75, 3.05) is 48.9 Å². The van der Waals surface area contributed by atoms with Gasteiger partial charge in [-0.15, -0.1) is 0 Å². The van der Waals surface area contributed by atoms with Crippen LogP contribution in [0.2, 0.25) is 13.1 Å². The molecule has 0 spiro atoms. The summed E-state index contributed by atoms with van der Waals surface area (Å²) in [4.78, 5) is 0. The van der Waals surface area contributed by atoms with Gasteiger partial charge in [-0.3, -0.25) is 0 Å². The summed E-state index contributed by atoms with van der Waals surface area (Å²) in [7, 11) is 8.28. The second kappa shape index (κ2) is 10.5. The minimum Gasteiger partial charge on any atom is -0.493 e. The van der Waals surface area contributed by atoms with Crippen LogP contribution in [0.5, 0.6) is 34.5 Å². The van der Waals surface area contributed by atoms with Crippen LogP contribution >= 0.6 is 0 Å². The molecule has 3 aliphatic carbocycles. The molecule has 0 bridgehead atoms. The van der Waals surface area contributed by atoms with Crippen LogP contribution in [0.1, 0.15) is 33.4 Å². The molecule has 8 heteroatoms. The molecule has 0 saturated carbocycles. The summed E-state index contributed by atoms with van der Waals surface area (Å²) in [6.45, 7) is 4.30. The Hall–Kier alpha value is -4.14. The molecule has 0 unspecified atom stereocenters. The van der Waals surface area contributed by atoms with Gasteiger partial charge in [-0.05, 0) is 136 Å². The van der Waals surface area contributed by atoms with E-state index >= 15 is 0 Å². The molecule has 0 N–H and O–H groups in total. The van der Waals surface area contributed by atoms with Gasteiger partial charge in [-0.1, -0.05) is 0 Å². The lowest BCUT2D eigenvalue weighted by Gasteiger charge is -2.22. The molecule has 0 amide bonds. The van der Waals surface area contributed by atoms with Crippen LogP contribution in [0.4, 0.5) is 0 Å². The molecule has 0 radical (unpaired) electrons. The van der Waals surface area contributed by atoms with Crippen molar-refractivity contribution in [1.29, 1.82) is 0 Å². The monoisotopic (exact) mass is 610 g/mol. The molecule has 0 aromatic heterocycles. The van der Waals surface area contributed by atoms with Crippen molar-refractivity contribution >= 4 is 8.32 Å². The lowest BCUT2D eigenvalue weighted by Crippen LogP contribution is -2.37. The minimum absolute atomic E-state index is 0.536. The zero-order valence-electron chi connectivity index (χ0n) is 26.7. The van der Waals surface area contributed by atoms with Gasteiger partial charge < -0.3 is 32.8 Å². The molecule has 44 heavy (non-hydrogen) atoms. The van der Waals surface area contributed by atoms with Crippen molar-refractivity contribution in [2.45, 2.75) is 32.4 Å². The number of hydrogen-bond donors (Lipinski definition) is 0. The second-order valence-electron chi connectivity index (χ2n) is 12.2. The smallest absolute Gasteiger partial charge is 0.224 e. The van der Waals surface area contributed by atoms with E-state index in [9.17, 15) is 0 Å². The Morgan fingerprint density at radius 2 is 0.795 bits per heavy atom. The number of benzene rings is 4. The third-order valence-corrected chi connectivity index (χ3v) is 11.4. The standard InChI is InChI=1S/C36H38O7Si/c1-37-28-12-19-9-25-34-23-16-32(41-5)29(38-2)13-20(23)10-26(34)36-24-17-33(43-18-44(7,8)42-6)30(39-3)14-21(24)11-27(36)35(25)22(19)15-31(28)40-4/h12-17H,9-11,18H2,1-8H3. The van der Waals surface area contributed by atoms with Gasteiger partial charge >= 0.3 is 0 Å². The fraction of sp³-hybridized carbons (Fsp3) is 0.333. The highest BCUT2D eigenvalue weighted by atomic mass is 28.4. The first-order chi connectivity index (χ1) is 21.2. The van der Waals surface area contributed by atoms with Crippen LogP contribution < -0.4 is 28.4 Å². The summed E-state index contributed by atoms with van der Waals surface area (Å²) >= 11 is 0. The first kappa shape index (κ1) is 28.6. The lowest BCUT2D eigenvalue weighted by atomic mass is 9.86. The SMILES string of the molecule is COc1cc2c(cc1OC)-c1c(c3c(c4c1Cc1cc(OC)c(OC[Si](C)(C)OC)cc1-4)Cc1cc(OC)c(OC)cc1-3)C2. The van der Waals surface area contributed by atoms with E-state index in [-0.39, 0.29) is 0 Å². The predicted octanol–water partition coefficient (Wildman–Crippen LogP) is 7.21. The normalized spacial score (nSPS) is 13.4. The fourth-order valence-electron chi connectivity index (χ4n) is 7.16.